The second-order valence-electron chi connectivity index (χ2n) is 13.3. The molecule has 0 spiro atoms. The van der Waals surface area contributed by atoms with Crippen LogP contribution < -0.4 is 0 Å². The molecule has 2 aromatic heterocycles. The average Bonchev–Trinajstić information content (AvgIpc) is 3.89. The van der Waals surface area contributed by atoms with Crippen LogP contribution in [0.25, 0.3) is 11.4 Å². The first-order valence-corrected chi connectivity index (χ1v) is 16.9. The summed E-state index contributed by atoms with van der Waals surface area (Å²) in [4.78, 5) is 8.04. The number of rotatable bonds is 10. The van der Waals surface area contributed by atoms with Gasteiger partial charge in [-0.2, -0.15) is 12.2 Å². The van der Waals surface area contributed by atoms with Crippen molar-refractivity contribution in [2.75, 3.05) is 56.4 Å². The molecule has 2 aromatic carbocycles. The monoisotopic (exact) mass is 762 g/mol. The minimum Gasteiger partial charge on any atom is -0.367 e. The molecule has 2 aliphatic carbocycles. The van der Waals surface area contributed by atoms with Crippen molar-refractivity contribution in [3.8, 4) is 11.4 Å². The molecular weight excluding hydrogens is 712 g/mol. The third-order valence-electron chi connectivity index (χ3n) is 7.33. The van der Waals surface area contributed by atoms with Crippen LogP contribution in [0.3, 0.4) is 0 Å². The maximum atomic E-state index is 14.1. The molecule has 0 saturated carbocycles. The molecule has 0 amide bonds. The van der Waals surface area contributed by atoms with Crippen LogP contribution in [0.1, 0.15) is 35.6 Å². The topological polar surface area (TPSA) is 22.8 Å². The average molecular weight is 763 g/mol. The van der Waals surface area contributed by atoms with Crippen LogP contribution in [0, 0.1) is 47.6 Å². The van der Waals surface area contributed by atoms with Crippen molar-refractivity contribution in [2.24, 2.45) is 0 Å². The van der Waals surface area contributed by atoms with Gasteiger partial charge in [0.1, 0.15) is 0 Å². The molecule has 53 heavy (non-hydrogen) atoms. The molecule has 0 fully saturated rings. The summed E-state index contributed by atoms with van der Waals surface area (Å²) >= 11 is 0. The van der Waals surface area contributed by atoms with Gasteiger partial charge in [-0.1, -0.05) is 0 Å². The van der Waals surface area contributed by atoms with E-state index in [4.69, 9.17) is 0 Å². The van der Waals surface area contributed by atoms with Gasteiger partial charge in [-0.15, -0.1) is 49.2 Å². The number of hydrogen-bond acceptors (Lipinski definition) is 4. The molecule has 0 unspecified atom stereocenters. The van der Waals surface area contributed by atoms with Crippen LogP contribution >= 0.6 is 0 Å². The second kappa shape index (κ2) is 23.1. The minimum absolute atomic E-state index is 0. The first-order chi connectivity index (χ1) is 24.8. The number of aromatic nitrogens is 2. The first kappa shape index (κ1) is 45.4. The zero-order valence-corrected chi connectivity index (χ0v) is 33.6. The molecule has 0 saturated heterocycles. The van der Waals surface area contributed by atoms with Gasteiger partial charge in [0.15, 0.2) is 0 Å². The van der Waals surface area contributed by atoms with Crippen LogP contribution in [-0.4, -0.2) is 85.1 Å². The van der Waals surface area contributed by atoms with Crippen molar-refractivity contribution in [3.05, 3.63) is 155 Å². The van der Waals surface area contributed by atoms with Crippen molar-refractivity contribution in [1.82, 2.24) is 28.7 Å². The van der Waals surface area contributed by atoms with E-state index in [-0.39, 0.29) is 21.7 Å². The van der Waals surface area contributed by atoms with Gasteiger partial charge < -0.3 is 28.7 Å². The number of allylic oxidation sites excluding steroid dienone is 8. The molecule has 0 aliphatic heterocycles. The Labute approximate surface area is 328 Å². The predicted octanol–water partition coefficient (Wildman–Crippen LogP) is 7.97. The molecule has 0 radical (unpaired) electrons. The largest absolute Gasteiger partial charge is 4.00 e. The summed E-state index contributed by atoms with van der Waals surface area (Å²) in [7, 11) is 15.6. The Morgan fingerprint density at radius 1 is 0.491 bits per heavy atom. The van der Waals surface area contributed by atoms with E-state index in [2.05, 4.69) is 36.4 Å². The molecule has 280 valence electrons. The van der Waals surface area contributed by atoms with Gasteiger partial charge in [0.25, 0.3) is 0 Å². The Morgan fingerprint density at radius 3 is 0.981 bits per heavy atom. The summed E-state index contributed by atoms with van der Waals surface area (Å²) in [5, 5.41) is 0. The van der Waals surface area contributed by atoms with E-state index in [1.165, 1.54) is 24.3 Å². The van der Waals surface area contributed by atoms with E-state index in [0.29, 0.717) is 37.6 Å². The summed E-state index contributed by atoms with van der Waals surface area (Å²) < 4.78 is 58.1. The fourth-order valence-corrected chi connectivity index (χ4v) is 5.36. The number of nitrogens with zero attached hydrogens (tertiary/aromatic N) is 6. The van der Waals surface area contributed by atoms with Gasteiger partial charge in [-0.3, -0.25) is 12.2 Å². The van der Waals surface area contributed by atoms with Crippen molar-refractivity contribution in [1.29, 1.82) is 0 Å². The summed E-state index contributed by atoms with van der Waals surface area (Å²) in [6.45, 7) is 2.68. The van der Waals surface area contributed by atoms with Crippen molar-refractivity contribution in [2.45, 2.75) is 39.0 Å². The minimum atomic E-state index is -0.688. The van der Waals surface area contributed by atoms with Gasteiger partial charge in [0, 0.05) is 72.2 Å². The smallest absolute Gasteiger partial charge is 0.367 e. The third-order valence-corrected chi connectivity index (χ3v) is 7.33. The Balaban J connectivity index is 0.000000285. The van der Waals surface area contributed by atoms with Crippen LogP contribution in [0.5, 0.6) is 0 Å². The predicted molar refractivity (Wildman–Crippen MR) is 202 cm³/mol. The molecule has 0 bridgehead atoms. The SMILES string of the molecule is CN(C)Cc1ccc(CN(C)C)n1-c1ccc(F)[c-]c1F.CN(C)Cc1ccc(CN(C)C)n1-c1ccc(F)[c-]c1F.[C-]1=CC=CC1.[C-]1=CC=CC1.[Ti+4]. The van der Waals surface area contributed by atoms with Crippen LogP contribution in [0.15, 0.2) is 85.0 Å². The molecule has 0 N–H and O–H groups in total. The third kappa shape index (κ3) is 15.2. The van der Waals surface area contributed by atoms with Crippen molar-refractivity contribution in [3.63, 3.8) is 0 Å². The quantitative estimate of drug-likeness (QED) is 0.0930. The molecule has 6 nitrogen and oxygen atoms in total. The number of halogens is 4. The molecular formula is C42H50F4N6Ti. The maximum absolute atomic E-state index is 14.1. The standard InChI is InChI=1S/2C16H20F2N3.2C5H5.Ti/c2*1-19(2)10-13-6-7-14(11-20(3)4)21(13)16-8-5-12(17)9-15(16)18;2*1-2-4-5-3-1;/h2*5-8H,10-11H2,1-4H3;2*1-3H,4H2;/q4*-1;+4. The van der Waals surface area contributed by atoms with Gasteiger partial charge in [-0.05, 0) is 92.0 Å². The zero-order valence-electron chi connectivity index (χ0n) is 32.0. The molecule has 6 rings (SSSR count). The van der Waals surface area contributed by atoms with E-state index >= 15 is 0 Å². The fourth-order valence-electron chi connectivity index (χ4n) is 5.36. The van der Waals surface area contributed by atoms with Crippen molar-refractivity contribution < 1.29 is 39.3 Å². The van der Waals surface area contributed by atoms with E-state index in [1.54, 1.807) is 0 Å². The van der Waals surface area contributed by atoms with Crippen LogP contribution in [-0.2, 0) is 47.9 Å². The summed E-state index contributed by atoms with van der Waals surface area (Å²) in [6, 6.07) is 17.5. The van der Waals surface area contributed by atoms with Gasteiger partial charge in [0.2, 0.25) is 0 Å². The van der Waals surface area contributed by atoms with Gasteiger partial charge in [0.05, 0.1) is 0 Å². The first-order valence-electron chi connectivity index (χ1n) is 16.9. The van der Waals surface area contributed by atoms with E-state index in [1.807, 2.05) is 134 Å². The fraction of sp³-hybridized carbons (Fsp3) is 0.333. The van der Waals surface area contributed by atoms with E-state index < -0.39 is 23.3 Å². The molecule has 11 heteroatoms. The van der Waals surface area contributed by atoms with Gasteiger partial charge in [-0.25, -0.2) is 41.9 Å². The number of hydrogen-bond donors (Lipinski definition) is 0. The second-order valence-corrected chi connectivity index (χ2v) is 13.3. The normalized spacial score (nSPS) is 12.5. The Kier molecular flexibility index (Phi) is 19.8. The Bertz CT molecular complexity index is 1610. The Morgan fingerprint density at radius 2 is 0.792 bits per heavy atom. The summed E-state index contributed by atoms with van der Waals surface area (Å²) in [5.74, 6) is -2.73. The van der Waals surface area contributed by atoms with Gasteiger partial charge >= 0.3 is 21.7 Å². The molecule has 2 heterocycles. The Hall–Kier alpha value is -3.77. The van der Waals surface area contributed by atoms with Crippen molar-refractivity contribution >= 4 is 0 Å². The van der Waals surface area contributed by atoms with E-state index in [0.717, 1.165) is 35.6 Å². The molecule has 0 atom stereocenters. The van der Waals surface area contributed by atoms with E-state index in [9.17, 15) is 17.6 Å². The number of benzene rings is 2. The van der Waals surface area contributed by atoms with Crippen LogP contribution in [0.4, 0.5) is 17.6 Å². The maximum Gasteiger partial charge on any atom is 4.00 e. The van der Waals surface area contributed by atoms with Crippen LogP contribution in [0.2, 0.25) is 0 Å². The molecule has 4 aromatic rings. The summed E-state index contributed by atoms with van der Waals surface area (Å²) in [6.07, 6.45) is 20.0. The summed E-state index contributed by atoms with van der Waals surface area (Å²) in [5.41, 5.74) is 4.48. The zero-order chi connectivity index (χ0) is 38.2. The molecule has 2 aliphatic rings.